The molecule has 6 heteroatoms. The van der Waals surface area contributed by atoms with Crippen molar-refractivity contribution in [1.82, 2.24) is 9.97 Å². The van der Waals surface area contributed by atoms with Crippen LogP contribution in [0.2, 0.25) is 0 Å². The van der Waals surface area contributed by atoms with E-state index >= 15 is 0 Å². The zero-order chi connectivity index (χ0) is 14.1. The van der Waals surface area contributed by atoms with Crippen LogP contribution >= 0.6 is 0 Å². The van der Waals surface area contributed by atoms with Crippen molar-refractivity contribution in [3.05, 3.63) is 58.8 Å². The van der Waals surface area contributed by atoms with Crippen LogP contribution in [0.3, 0.4) is 0 Å². The second-order valence-electron chi connectivity index (χ2n) is 4.31. The van der Waals surface area contributed by atoms with E-state index in [1.165, 1.54) is 12.1 Å². The summed E-state index contributed by atoms with van der Waals surface area (Å²) < 4.78 is 0. The average molecular weight is 266 g/mol. The highest BCUT2D eigenvalue weighted by Crippen LogP contribution is 2.25. The minimum absolute atomic E-state index is 0.0747. The molecule has 0 fully saturated rings. The summed E-state index contributed by atoms with van der Waals surface area (Å²) in [6.07, 6.45) is 1.66. The van der Waals surface area contributed by atoms with Crippen molar-refractivity contribution in [3.8, 4) is 11.1 Å². The van der Waals surface area contributed by atoms with Gasteiger partial charge in [0.2, 0.25) is 5.95 Å². The van der Waals surface area contributed by atoms with Crippen LogP contribution in [0.1, 0.15) is 0 Å². The predicted octanol–water partition coefficient (Wildman–Crippen LogP) is 2.79. The predicted molar refractivity (Wildman–Crippen MR) is 76.0 cm³/mol. The molecule has 0 aliphatic heterocycles. The third kappa shape index (κ3) is 2.14. The van der Waals surface area contributed by atoms with Gasteiger partial charge in [-0.2, -0.15) is 0 Å². The quantitative estimate of drug-likeness (QED) is 0.568. The Morgan fingerprint density at radius 1 is 1.05 bits per heavy atom. The second kappa shape index (κ2) is 4.58. The molecule has 98 valence electrons. The fraction of sp³-hybridized carbons (Fsp3) is 0. The largest absolute Gasteiger partial charge is 0.368 e. The summed E-state index contributed by atoms with van der Waals surface area (Å²) in [6, 6.07) is 12.1. The molecule has 0 saturated carbocycles. The van der Waals surface area contributed by atoms with E-state index in [9.17, 15) is 10.1 Å². The highest BCUT2D eigenvalue weighted by atomic mass is 16.6. The lowest BCUT2D eigenvalue weighted by Gasteiger charge is -2.04. The van der Waals surface area contributed by atoms with E-state index in [0.29, 0.717) is 0 Å². The molecule has 6 nitrogen and oxygen atoms in total. The van der Waals surface area contributed by atoms with Crippen LogP contribution in [0.4, 0.5) is 11.6 Å². The number of aromatic nitrogens is 2. The maximum atomic E-state index is 10.6. The topological polar surface area (TPSA) is 94.9 Å². The summed E-state index contributed by atoms with van der Waals surface area (Å²) in [4.78, 5) is 18.3. The zero-order valence-electron chi connectivity index (χ0n) is 10.4. The van der Waals surface area contributed by atoms with E-state index in [-0.39, 0.29) is 11.6 Å². The molecule has 0 atom stereocenters. The number of nitrogen functional groups attached to an aromatic ring is 1. The van der Waals surface area contributed by atoms with E-state index in [2.05, 4.69) is 9.97 Å². The molecule has 0 bridgehead atoms. The molecule has 2 aromatic carbocycles. The number of fused-ring (bicyclic) bond motifs is 1. The Labute approximate surface area is 114 Å². The van der Waals surface area contributed by atoms with Gasteiger partial charge in [-0.05, 0) is 35.4 Å². The first-order valence-electron chi connectivity index (χ1n) is 5.90. The van der Waals surface area contributed by atoms with Gasteiger partial charge >= 0.3 is 0 Å². The Kier molecular flexibility index (Phi) is 2.76. The number of benzene rings is 2. The number of nitrogens with zero attached hydrogens (tertiary/aromatic N) is 3. The van der Waals surface area contributed by atoms with E-state index < -0.39 is 4.92 Å². The number of hydrogen-bond acceptors (Lipinski definition) is 5. The molecule has 0 aliphatic carbocycles. The zero-order valence-corrected chi connectivity index (χ0v) is 10.4. The maximum absolute atomic E-state index is 10.6. The lowest BCUT2D eigenvalue weighted by molar-refractivity contribution is -0.384. The van der Waals surface area contributed by atoms with Crippen LogP contribution in [0.25, 0.3) is 22.0 Å². The summed E-state index contributed by atoms with van der Waals surface area (Å²) in [5.74, 6) is 0.237. The minimum Gasteiger partial charge on any atom is -0.368 e. The fourth-order valence-corrected chi connectivity index (χ4v) is 2.00. The molecule has 0 spiro atoms. The minimum atomic E-state index is -0.416. The monoisotopic (exact) mass is 266 g/mol. The van der Waals surface area contributed by atoms with Gasteiger partial charge < -0.3 is 5.73 Å². The number of anilines is 1. The van der Waals surface area contributed by atoms with Crippen molar-refractivity contribution >= 4 is 22.5 Å². The first kappa shape index (κ1) is 12.0. The van der Waals surface area contributed by atoms with Crippen LogP contribution in [-0.4, -0.2) is 14.9 Å². The standard InChI is InChI=1S/C14H10N4O2/c15-14-16-8-11-7-10(3-6-13(11)17-14)9-1-4-12(5-2-9)18(19)20/h1-8H,(H2,15,16,17). The van der Waals surface area contributed by atoms with Crippen molar-refractivity contribution in [1.29, 1.82) is 0 Å². The van der Waals surface area contributed by atoms with Crippen LogP contribution in [0.5, 0.6) is 0 Å². The Morgan fingerprint density at radius 2 is 1.75 bits per heavy atom. The van der Waals surface area contributed by atoms with E-state index in [4.69, 9.17) is 5.73 Å². The summed E-state index contributed by atoms with van der Waals surface area (Å²) in [5.41, 5.74) is 8.22. The molecule has 0 unspecified atom stereocenters. The van der Waals surface area contributed by atoms with Gasteiger partial charge in [0.15, 0.2) is 0 Å². The summed E-state index contributed by atoms with van der Waals surface area (Å²) >= 11 is 0. The van der Waals surface area contributed by atoms with Gasteiger partial charge in [-0.1, -0.05) is 6.07 Å². The Morgan fingerprint density at radius 3 is 2.45 bits per heavy atom. The Bertz CT molecular complexity index is 800. The molecule has 0 amide bonds. The summed E-state index contributed by atoms with van der Waals surface area (Å²) in [5, 5.41) is 11.5. The molecule has 3 rings (SSSR count). The van der Waals surface area contributed by atoms with Crippen LogP contribution < -0.4 is 5.73 Å². The lowest BCUT2D eigenvalue weighted by atomic mass is 10.0. The van der Waals surface area contributed by atoms with Crippen molar-refractivity contribution in [2.75, 3.05) is 5.73 Å². The number of nitrogens with two attached hydrogens (primary N) is 1. The smallest absolute Gasteiger partial charge is 0.269 e. The van der Waals surface area contributed by atoms with Crippen molar-refractivity contribution < 1.29 is 4.92 Å². The lowest BCUT2D eigenvalue weighted by Crippen LogP contribution is -1.94. The third-order valence-corrected chi connectivity index (χ3v) is 3.01. The van der Waals surface area contributed by atoms with E-state index in [1.807, 2.05) is 18.2 Å². The molecule has 0 radical (unpaired) electrons. The van der Waals surface area contributed by atoms with Crippen molar-refractivity contribution in [2.24, 2.45) is 0 Å². The van der Waals surface area contributed by atoms with Gasteiger partial charge in [-0.25, -0.2) is 9.97 Å². The highest BCUT2D eigenvalue weighted by molar-refractivity contribution is 5.84. The molecule has 1 aromatic heterocycles. The molecular formula is C14H10N4O2. The molecule has 2 N–H and O–H groups in total. The first-order chi connectivity index (χ1) is 9.63. The van der Waals surface area contributed by atoms with Crippen molar-refractivity contribution in [3.63, 3.8) is 0 Å². The van der Waals surface area contributed by atoms with Crippen LogP contribution in [0, 0.1) is 10.1 Å². The Balaban J connectivity index is 2.05. The summed E-state index contributed by atoms with van der Waals surface area (Å²) in [6.45, 7) is 0. The van der Waals surface area contributed by atoms with Gasteiger partial charge in [0, 0.05) is 23.7 Å². The Hall–Kier alpha value is -3.02. The number of nitro groups is 1. The first-order valence-corrected chi connectivity index (χ1v) is 5.90. The van der Waals surface area contributed by atoms with Gasteiger partial charge in [0.1, 0.15) is 0 Å². The number of rotatable bonds is 2. The average Bonchev–Trinajstić information content (AvgIpc) is 2.47. The number of non-ortho nitro benzene ring substituents is 1. The van der Waals surface area contributed by atoms with Gasteiger partial charge in [0.25, 0.3) is 5.69 Å². The molecule has 0 aliphatic rings. The van der Waals surface area contributed by atoms with Crippen LogP contribution in [0.15, 0.2) is 48.7 Å². The van der Waals surface area contributed by atoms with Gasteiger partial charge in [-0.15, -0.1) is 0 Å². The molecular weight excluding hydrogens is 256 g/mol. The highest BCUT2D eigenvalue weighted by Gasteiger charge is 2.06. The van der Waals surface area contributed by atoms with E-state index in [1.54, 1.807) is 18.3 Å². The molecule has 3 aromatic rings. The van der Waals surface area contributed by atoms with E-state index in [0.717, 1.165) is 22.0 Å². The molecule has 0 saturated heterocycles. The normalized spacial score (nSPS) is 10.6. The molecule has 20 heavy (non-hydrogen) atoms. The maximum Gasteiger partial charge on any atom is 0.269 e. The third-order valence-electron chi connectivity index (χ3n) is 3.01. The van der Waals surface area contributed by atoms with Gasteiger partial charge in [-0.3, -0.25) is 10.1 Å². The number of hydrogen-bond donors (Lipinski definition) is 1. The fourth-order valence-electron chi connectivity index (χ4n) is 2.00. The van der Waals surface area contributed by atoms with Crippen molar-refractivity contribution in [2.45, 2.75) is 0 Å². The number of nitro benzene ring substituents is 1. The van der Waals surface area contributed by atoms with Gasteiger partial charge in [0.05, 0.1) is 10.4 Å². The SMILES string of the molecule is Nc1ncc2cc(-c3ccc([N+](=O)[O-])cc3)ccc2n1. The summed E-state index contributed by atoms with van der Waals surface area (Å²) in [7, 11) is 0. The molecule has 1 heterocycles. The van der Waals surface area contributed by atoms with Crippen LogP contribution in [-0.2, 0) is 0 Å². The second-order valence-corrected chi connectivity index (χ2v) is 4.31.